The van der Waals surface area contributed by atoms with E-state index in [0.29, 0.717) is 34.9 Å². The number of amides is 2. The maximum atomic E-state index is 11.6. The number of primary amides is 1. The second kappa shape index (κ2) is 4.22. The summed E-state index contributed by atoms with van der Waals surface area (Å²) in [5.74, 6) is 0.477. The Hall–Kier alpha value is -2.57. The highest BCUT2D eigenvalue weighted by molar-refractivity contribution is 6.04. The molecule has 7 heteroatoms. The van der Waals surface area contributed by atoms with Gasteiger partial charge < -0.3 is 15.8 Å². The first-order valence-electron chi connectivity index (χ1n) is 7.31. The van der Waals surface area contributed by atoms with Gasteiger partial charge in [0.15, 0.2) is 0 Å². The summed E-state index contributed by atoms with van der Waals surface area (Å²) in [7, 11) is 0. The Labute approximate surface area is 126 Å². The maximum absolute atomic E-state index is 11.6. The van der Waals surface area contributed by atoms with Gasteiger partial charge in [-0.3, -0.25) is 9.69 Å². The van der Waals surface area contributed by atoms with E-state index in [1.165, 1.54) is 4.90 Å². The van der Waals surface area contributed by atoms with Crippen LogP contribution < -0.4 is 5.73 Å². The number of imidazole rings is 1. The van der Waals surface area contributed by atoms with Crippen LogP contribution in [-0.2, 0) is 5.54 Å². The van der Waals surface area contributed by atoms with Crippen LogP contribution in [0.15, 0.2) is 18.2 Å². The van der Waals surface area contributed by atoms with Crippen molar-refractivity contribution in [3.8, 4) is 0 Å². The highest BCUT2D eigenvalue weighted by atomic mass is 16.4. The Morgan fingerprint density at radius 2 is 2.27 bits per heavy atom. The zero-order valence-corrected chi connectivity index (χ0v) is 11.9. The van der Waals surface area contributed by atoms with E-state index in [4.69, 9.17) is 5.73 Å². The number of fused-ring (bicyclic) bond motifs is 3. The van der Waals surface area contributed by atoms with Crippen molar-refractivity contribution in [3.63, 3.8) is 0 Å². The van der Waals surface area contributed by atoms with Crippen LogP contribution in [0.5, 0.6) is 0 Å². The number of para-hydroxylation sites is 1. The number of hydrogen-bond donors (Lipinski definition) is 3. The Morgan fingerprint density at radius 1 is 1.45 bits per heavy atom. The molecule has 2 fully saturated rings. The second-order valence-corrected chi connectivity index (χ2v) is 6.18. The van der Waals surface area contributed by atoms with Crippen LogP contribution in [0.3, 0.4) is 0 Å². The molecule has 2 unspecified atom stereocenters. The quantitative estimate of drug-likeness (QED) is 0.782. The molecule has 7 nitrogen and oxygen atoms in total. The molecule has 2 heterocycles. The largest absolute Gasteiger partial charge is 0.465 e. The minimum Gasteiger partial charge on any atom is -0.465 e. The van der Waals surface area contributed by atoms with Crippen LogP contribution in [0.25, 0.3) is 11.0 Å². The number of carboxylic acid groups (broad SMARTS) is 1. The molecule has 4 N–H and O–H groups in total. The summed E-state index contributed by atoms with van der Waals surface area (Å²) in [5, 5.41) is 9.49. The molecule has 1 aliphatic heterocycles. The number of nitrogens with one attached hydrogen (secondary N) is 1. The first-order chi connectivity index (χ1) is 10.5. The first kappa shape index (κ1) is 13.1. The lowest BCUT2D eigenvalue weighted by Crippen LogP contribution is -2.46. The zero-order valence-electron chi connectivity index (χ0n) is 11.9. The third-order valence-electron chi connectivity index (χ3n) is 5.00. The lowest BCUT2D eigenvalue weighted by atomic mass is 9.96. The van der Waals surface area contributed by atoms with Crippen molar-refractivity contribution in [3.05, 3.63) is 29.6 Å². The molecule has 22 heavy (non-hydrogen) atoms. The molecule has 0 radical (unpaired) electrons. The maximum Gasteiger partial charge on any atom is 0.408 e. The van der Waals surface area contributed by atoms with Gasteiger partial charge in [-0.15, -0.1) is 0 Å². The number of aromatic amines is 1. The molecule has 2 atom stereocenters. The lowest BCUT2D eigenvalue weighted by molar-refractivity contribution is 0.0854. The molecular weight excluding hydrogens is 284 g/mol. The summed E-state index contributed by atoms with van der Waals surface area (Å²) in [5.41, 5.74) is 6.38. The highest BCUT2D eigenvalue weighted by Crippen LogP contribution is 2.52. The van der Waals surface area contributed by atoms with Gasteiger partial charge in [0.2, 0.25) is 0 Å². The van der Waals surface area contributed by atoms with E-state index in [1.54, 1.807) is 12.1 Å². The molecule has 1 saturated carbocycles. The number of likely N-dealkylation sites (tertiary alicyclic amines) is 1. The minimum atomic E-state index is -0.919. The number of piperidine rings is 1. The van der Waals surface area contributed by atoms with Gasteiger partial charge in [-0.1, -0.05) is 6.07 Å². The van der Waals surface area contributed by atoms with E-state index in [9.17, 15) is 14.7 Å². The van der Waals surface area contributed by atoms with Crippen LogP contribution in [0, 0.1) is 5.92 Å². The van der Waals surface area contributed by atoms with Crippen LogP contribution >= 0.6 is 0 Å². The molecule has 114 valence electrons. The van der Waals surface area contributed by atoms with Crippen molar-refractivity contribution in [2.45, 2.75) is 24.8 Å². The Kier molecular flexibility index (Phi) is 2.52. The van der Waals surface area contributed by atoms with Crippen LogP contribution in [0.2, 0.25) is 0 Å². The van der Waals surface area contributed by atoms with Gasteiger partial charge in [-0.2, -0.15) is 0 Å². The van der Waals surface area contributed by atoms with Crippen molar-refractivity contribution < 1.29 is 14.7 Å². The summed E-state index contributed by atoms with van der Waals surface area (Å²) in [6, 6.07) is 5.19. The van der Waals surface area contributed by atoms with Crippen molar-refractivity contribution >= 4 is 23.0 Å². The normalized spacial score (nSPS) is 26.7. The van der Waals surface area contributed by atoms with E-state index in [-0.39, 0.29) is 0 Å². The summed E-state index contributed by atoms with van der Waals surface area (Å²) in [6.07, 6.45) is 1.63. The standard InChI is InChI=1S/C15H16N4O3/c16-12(20)9-2-1-3-10-11(9)18-13(17-10)15-5-4-8(6-15)7-19(15)14(21)22/h1-3,8H,4-7H2,(H2,16,20)(H,17,18)(H,21,22). The summed E-state index contributed by atoms with van der Waals surface area (Å²) in [6.45, 7) is 0.551. The molecule has 2 aromatic rings. The summed E-state index contributed by atoms with van der Waals surface area (Å²) >= 11 is 0. The number of rotatable bonds is 2. The molecule has 2 aliphatic rings. The topological polar surface area (TPSA) is 112 Å². The Morgan fingerprint density at radius 3 is 2.95 bits per heavy atom. The third-order valence-corrected chi connectivity index (χ3v) is 5.00. The predicted octanol–water partition coefficient (Wildman–Crippen LogP) is 1.65. The van der Waals surface area contributed by atoms with E-state index in [2.05, 4.69) is 9.97 Å². The van der Waals surface area contributed by atoms with E-state index in [0.717, 1.165) is 19.3 Å². The smallest absolute Gasteiger partial charge is 0.408 e. The fourth-order valence-electron chi connectivity index (χ4n) is 4.01. The molecule has 1 saturated heterocycles. The monoisotopic (exact) mass is 300 g/mol. The van der Waals surface area contributed by atoms with Gasteiger partial charge in [0.1, 0.15) is 16.9 Å². The average molecular weight is 300 g/mol. The molecule has 2 amide bonds. The number of carbonyl (C=O) groups is 2. The lowest BCUT2D eigenvalue weighted by Gasteiger charge is -2.35. The van der Waals surface area contributed by atoms with Crippen LogP contribution in [0.4, 0.5) is 4.79 Å². The first-order valence-corrected chi connectivity index (χ1v) is 7.31. The number of nitrogens with zero attached hydrogens (tertiary/aromatic N) is 2. The number of carbonyl (C=O) groups excluding carboxylic acids is 1. The van der Waals surface area contributed by atoms with Crippen molar-refractivity contribution in [2.75, 3.05) is 6.54 Å². The van der Waals surface area contributed by atoms with E-state index < -0.39 is 17.5 Å². The number of H-pyrrole nitrogens is 1. The van der Waals surface area contributed by atoms with Gasteiger partial charge in [0.05, 0.1) is 11.1 Å². The summed E-state index contributed by atoms with van der Waals surface area (Å²) in [4.78, 5) is 32.4. The van der Waals surface area contributed by atoms with Crippen LogP contribution in [0.1, 0.15) is 35.4 Å². The summed E-state index contributed by atoms with van der Waals surface area (Å²) < 4.78 is 0. The molecule has 2 bridgehead atoms. The number of benzene rings is 1. The Balaban J connectivity index is 1.89. The number of hydrogen-bond acceptors (Lipinski definition) is 3. The SMILES string of the molecule is NC(=O)c1cccc2[nH]c(C34CCC(CN3C(=O)O)C4)nc12. The average Bonchev–Trinajstić information content (AvgIpc) is 3.18. The van der Waals surface area contributed by atoms with E-state index >= 15 is 0 Å². The molecular formula is C15H16N4O3. The predicted molar refractivity (Wildman–Crippen MR) is 78.4 cm³/mol. The van der Waals surface area contributed by atoms with Gasteiger partial charge in [-0.05, 0) is 37.3 Å². The molecule has 1 aromatic heterocycles. The van der Waals surface area contributed by atoms with Gasteiger partial charge in [-0.25, -0.2) is 9.78 Å². The minimum absolute atomic E-state index is 0.353. The fourth-order valence-corrected chi connectivity index (χ4v) is 4.01. The number of aromatic nitrogens is 2. The van der Waals surface area contributed by atoms with Crippen molar-refractivity contribution in [1.82, 2.24) is 14.9 Å². The van der Waals surface area contributed by atoms with Crippen LogP contribution in [-0.4, -0.2) is 38.5 Å². The zero-order chi connectivity index (χ0) is 15.5. The fraction of sp³-hybridized carbons (Fsp3) is 0.400. The van der Waals surface area contributed by atoms with Gasteiger partial charge in [0, 0.05) is 6.54 Å². The van der Waals surface area contributed by atoms with Crippen molar-refractivity contribution in [2.24, 2.45) is 11.7 Å². The van der Waals surface area contributed by atoms with Gasteiger partial charge >= 0.3 is 6.09 Å². The molecule has 1 aliphatic carbocycles. The second-order valence-electron chi connectivity index (χ2n) is 6.18. The number of nitrogens with two attached hydrogens (primary N) is 1. The highest BCUT2D eigenvalue weighted by Gasteiger charge is 2.55. The van der Waals surface area contributed by atoms with Gasteiger partial charge in [0.25, 0.3) is 5.91 Å². The molecule has 0 spiro atoms. The molecule has 4 rings (SSSR count). The molecule has 1 aromatic carbocycles. The third kappa shape index (κ3) is 1.59. The van der Waals surface area contributed by atoms with E-state index in [1.807, 2.05) is 6.07 Å². The van der Waals surface area contributed by atoms with Crippen molar-refractivity contribution in [1.29, 1.82) is 0 Å². The Bertz CT molecular complexity index is 799.